The van der Waals surface area contributed by atoms with Gasteiger partial charge in [-0.3, -0.25) is 24.0 Å². The number of aryl methyl sites for hydroxylation is 1. The Balaban J connectivity index is 1.89. The molecule has 0 saturated heterocycles. The summed E-state index contributed by atoms with van der Waals surface area (Å²) in [5.74, 6) is -1.14. The van der Waals surface area contributed by atoms with E-state index in [-0.39, 0.29) is 45.0 Å². The Morgan fingerprint density at radius 1 is 0.941 bits per heavy atom. The molecule has 51 heavy (non-hydrogen) atoms. The number of nitrogens with zero attached hydrogens (tertiary/aromatic N) is 3. The summed E-state index contributed by atoms with van der Waals surface area (Å²) < 4.78 is 35.2. The summed E-state index contributed by atoms with van der Waals surface area (Å²) in [5, 5.41) is 15.4. The first-order chi connectivity index (χ1) is 24.3. The van der Waals surface area contributed by atoms with Gasteiger partial charge in [0.05, 0.1) is 32.7 Å². The normalized spacial score (nSPS) is 11.8. The lowest BCUT2D eigenvalue weighted by Crippen LogP contribution is -2.53. The zero-order chi connectivity index (χ0) is 37.3. The molecule has 0 aromatic heterocycles. The highest BCUT2D eigenvalue weighted by Crippen LogP contribution is 2.36. The van der Waals surface area contributed by atoms with E-state index in [4.69, 9.17) is 39.5 Å². The van der Waals surface area contributed by atoms with Crippen LogP contribution in [0.5, 0.6) is 5.75 Å². The van der Waals surface area contributed by atoms with Crippen LogP contribution >= 0.6 is 34.8 Å². The third-order valence-electron chi connectivity index (χ3n) is 8.09. The van der Waals surface area contributed by atoms with Crippen LogP contribution in [0.2, 0.25) is 15.1 Å². The van der Waals surface area contributed by atoms with Gasteiger partial charge in [0.2, 0.25) is 11.8 Å². The van der Waals surface area contributed by atoms with Gasteiger partial charge in [-0.05, 0) is 60.9 Å². The van der Waals surface area contributed by atoms with Gasteiger partial charge in [0, 0.05) is 36.2 Å². The quantitative estimate of drug-likeness (QED) is 0.0702. The number of carbonyl (C=O) groups is 2. The molecule has 0 aliphatic carbocycles. The maximum absolute atomic E-state index is 14.7. The number of methoxy groups -OCH3 is 1. The summed E-state index contributed by atoms with van der Waals surface area (Å²) in [4.78, 5) is 40.7. The van der Waals surface area contributed by atoms with Crippen LogP contribution in [-0.4, -0.2) is 56.3 Å². The largest absolute Gasteiger partial charge is 0.495 e. The number of rotatable bonds is 16. The smallest absolute Gasteiger partial charge is 0.273 e. The minimum atomic E-state index is -4.71. The monoisotopic (exact) mass is 774 g/mol. The molecule has 0 aliphatic rings. The second kappa shape index (κ2) is 17.7. The van der Waals surface area contributed by atoms with Crippen molar-refractivity contribution in [3.05, 3.63) is 127 Å². The molecule has 0 saturated carbocycles. The summed E-state index contributed by atoms with van der Waals surface area (Å²) in [6, 6.07) is 20.5. The maximum Gasteiger partial charge on any atom is 0.273 e. The Labute approximate surface area is 312 Å². The number of amides is 2. The van der Waals surface area contributed by atoms with Crippen molar-refractivity contribution in [2.75, 3.05) is 24.5 Å². The Morgan fingerprint density at radius 2 is 1.67 bits per heavy atom. The first-order valence-corrected chi connectivity index (χ1v) is 18.5. The summed E-state index contributed by atoms with van der Waals surface area (Å²) >= 11 is 18.9. The van der Waals surface area contributed by atoms with E-state index in [9.17, 15) is 28.1 Å². The van der Waals surface area contributed by atoms with Crippen LogP contribution < -0.4 is 14.4 Å². The highest BCUT2D eigenvalue weighted by atomic mass is 35.5. The molecule has 11 nitrogen and oxygen atoms in total. The predicted octanol–water partition coefficient (Wildman–Crippen LogP) is 7.62. The topological polar surface area (TPSA) is 139 Å². The number of hydrogen-bond acceptors (Lipinski definition) is 7. The number of benzene rings is 4. The molecule has 4 aromatic rings. The van der Waals surface area contributed by atoms with Crippen molar-refractivity contribution in [3.63, 3.8) is 0 Å². The SMILES string of the molecule is CCCCNC(=O)[C@H](Cc1ccccc1)N(Cc1ccc(Cl)c(Cl)c1)C(=O)CN(c1cc(Cl)ccc1OC)S(=O)(=O)c1ccc(C)c([N+](=O)[O-])c1. The molecule has 270 valence electrons. The summed E-state index contributed by atoms with van der Waals surface area (Å²) in [5.41, 5.74) is 1.01. The van der Waals surface area contributed by atoms with Crippen LogP contribution in [0.15, 0.2) is 89.8 Å². The molecule has 1 N–H and O–H groups in total. The lowest BCUT2D eigenvalue weighted by Gasteiger charge is -2.34. The molecule has 0 spiro atoms. The molecule has 15 heteroatoms. The number of nitro benzene ring substituents is 1. The number of unbranched alkanes of at least 4 members (excludes halogenated alkanes) is 1. The van der Waals surface area contributed by atoms with Crippen LogP contribution in [-0.2, 0) is 32.6 Å². The van der Waals surface area contributed by atoms with Crippen molar-refractivity contribution in [2.45, 2.75) is 50.6 Å². The maximum atomic E-state index is 14.7. The van der Waals surface area contributed by atoms with Crippen LogP contribution in [0.1, 0.15) is 36.5 Å². The molecular formula is C36H37Cl3N4O7S. The van der Waals surface area contributed by atoms with Gasteiger partial charge in [-0.15, -0.1) is 0 Å². The molecule has 0 heterocycles. The summed E-state index contributed by atoms with van der Waals surface area (Å²) in [6.45, 7) is 2.84. The third-order valence-corrected chi connectivity index (χ3v) is 10.8. The van der Waals surface area contributed by atoms with Crippen LogP contribution in [0.25, 0.3) is 0 Å². The fourth-order valence-corrected chi connectivity index (χ4v) is 7.26. The molecule has 4 aromatic carbocycles. The van der Waals surface area contributed by atoms with Gasteiger partial charge in [0.15, 0.2) is 0 Å². The van der Waals surface area contributed by atoms with Crippen molar-refractivity contribution >= 4 is 68.0 Å². The van der Waals surface area contributed by atoms with E-state index in [1.807, 2.05) is 37.3 Å². The number of sulfonamides is 1. The average Bonchev–Trinajstić information content (AvgIpc) is 3.10. The Kier molecular flexibility index (Phi) is 13.7. The lowest BCUT2D eigenvalue weighted by molar-refractivity contribution is -0.385. The number of nitro groups is 1. The first-order valence-electron chi connectivity index (χ1n) is 15.9. The molecular weight excluding hydrogens is 739 g/mol. The third kappa shape index (κ3) is 9.91. The standard InChI is InChI=1S/C36H37Cl3N4O7S/c1-4-5-17-40-36(45)33(19-25-9-7-6-8-10-25)41(22-26-12-15-29(38)30(39)18-26)35(44)23-42(32-20-27(37)13-16-34(32)50-3)51(48,49)28-14-11-24(2)31(21-28)43(46)47/h6-16,18,20-21,33H,4-5,17,19,22-23H2,1-3H3,(H,40,45)/t33-/m0/s1. The number of ether oxygens (including phenoxy) is 1. The highest BCUT2D eigenvalue weighted by molar-refractivity contribution is 7.92. The molecule has 0 bridgehead atoms. The molecule has 4 rings (SSSR count). The van der Waals surface area contributed by atoms with Crippen molar-refractivity contribution < 1.29 is 27.7 Å². The number of hydrogen-bond donors (Lipinski definition) is 1. The molecule has 0 radical (unpaired) electrons. The van der Waals surface area contributed by atoms with Gasteiger partial charge in [0.25, 0.3) is 15.7 Å². The fourth-order valence-electron chi connectivity index (χ4n) is 5.34. The molecule has 1 atom stereocenters. The Morgan fingerprint density at radius 3 is 2.31 bits per heavy atom. The number of nitrogens with one attached hydrogen (secondary N) is 1. The highest BCUT2D eigenvalue weighted by Gasteiger charge is 2.36. The molecule has 0 fully saturated rings. The van der Waals surface area contributed by atoms with Gasteiger partial charge < -0.3 is 15.0 Å². The fraction of sp³-hybridized carbons (Fsp3) is 0.278. The summed E-state index contributed by atoms with van der Waals surface area (Å²) in [7, 11) is -3.39. The van der Waals surface area contributed by atoms with Gasteiger partial charge in [-0.1, -0.05) is 90.6 Å². The number of anilines is 1. The van der Waals surface area contributed by atoms with Gasteiger partial charge in [-0.25, -0.2) is 8.42 Å². The van der Waals surface area contributed by atoms with Crippen LogP contribution in [0.3, 0.4) is 0 Å². The lowest BCUT2D eigenvalue weighted by atomic mass is 10.0. The Bertz CT molecular complexity index is 2000. The average molecular weight is 776 g/mol. The Hall–Kier alpha value is -4.36. The van der Waals surface area contributed by atoms with Crippen molar-refractivity contribution in [1.82, 2.24) is 10.2 Å². The zero-order valence-electron chi connectivity index (χ0n) is 28.1. The zero-order valence-corrected chi connectivity index (χ0v) is 31.2. The second-order valence-corrected chi connectivity index (χ2v) is 14.8. The van der Waals surface area contributed by atoms with Crippen LogP contribution in [0, 0.1) is 17.0 Å². The van der Waals surface area contributed by atoms with E-state index in [2.05, 4.69) is 5.32 Å². The molecule has 0 aliphatic heterocycles. The van der Waals surface area contributed by atoms with E-state index in [0.29, 0.717) is 18.5 Å². The van der Waals surface area contributed by atoms with E-state index < -0.39 is 49.9 Å². The number of carbonyl (C=O) groups excluding carboxylic acids is 2. The van der Waals surface area contributed by atoms with E-state index >= 15 is 0 Å². The second-order valence-electron chi connectivity index (χ2n) is 11.7. The van der Waals surface area contributed by atoms with E-state index in [1.165, 1.54) is 49.3 Å². The predicted molar refractivity (Wildman–Crippen MR) is 199 cm³/mol. The van der Waals surface area contributed by atoms with Crippen molar-refractivity contribution in [1.29, 1.82) is 0 Å². The van der Waals surface area contributed by atoms with Gasteiger partial charge in [-0.2, -0.15) is 0 Å². The van der Waals surface area contributed by atoms with Crippen LogP contribution in [0.4, 0.5) is 11.4 Å². The van der Waals surface area contributed by atoms with Gasteiger partial charge in [0.1, 0.15) is 18.3 Å². The van der Waals surface area contributed by atoms with Gasteiger partial charge >= 0.3 is 0 Å². The summed E-state index contributed by atoms with van der Waals surface area (Å²) in [6.07, 6.45) is 1.62. The van der Waals surface area contributed by atoms with Crippen molar-refractivity contribution in [2.24, 2.45) is 0 Å². The molecule has 0 unspecified atom stereocenters. The number of halogens is 3. The molecule has 2 amide bonds. The minimum Gasteiger partial charge on any atom is -0.495 e. The van der Waals surface area contributed by atoms with Crippen molar-refractivity contribution in [3.8, 4) is 5.75 Å². The van der Waals surface area contributed by atoms with E-state index in [1.54, 1.807) is 18.2 Å². The van der Waals surface area contributed by atoms with E-state index in [0.717, 1.165) is 22.4 Å². The first kappa shape index (κ1) is 39.4. The minimum absolute atomic E-state index is 0.0616.